The van der Waals surface area contributed by atoms with Crippen molar-refractivity contribution in [1.82, 2.24) is 9.55 Å². The van der Waals surface area contributed by atoms with Crippen LogP contribution >= 0.6 is 15.9 Å². The number of imidazole rings is 1. The Morgan fingerprint density at radius 1 is 1.47 bits per heavy atom. The molecule has 0 saturated heterocycles. The third-order valence-corrected chi connectivity index (χ3v) is 4.06. The monoisotopic (exact) mass is 289 g/mol. The topological polar surface area (TPSA) is 41.6 Å². The van der Waals surface area contributed by atoms with Gasteiger partial charge < -0.3 is 4.57 Å². The van der Waals surface area contributed by atoms with E-state index < -0.39 is 0 Å². The first kappa shape index (κ1) is 10.8. The van der Waals surface area contributed by atoms with Crippen LogP contribution in [0.5, 0.6) is 0 Å². The number of halogens is 1. The summed E-state index contributed by atoms with van der Waals surface area (Å²) in [5, 5.41) is 8.81. The Morgan fingerprint density at radius 3 is 2.94 bits per heavy atom. The van der Waals surface area contributed by atoms with Gasteiger partial charge in [0.2, 0.25) is 0 Å². The SMILES string of the molecule is Cn1c(C2CC(C#N)C2)nc2ccc(Br)cc21. The van der Waals surface area contributed by atoms with Crippen molar-refractivity contribution in [1.29, 1.82) is 5.26 Å². The number of nitriles is 1. The highest BCUT2D eigenvalue weighted by molar-refractivity contribution is 9.10. The number of benzene rings is 1. The summed E-state index contributed by atoms with van der Waals surface area (Å²) in [6, 6.07) is 8.45. The summed E-state index contributed by atoms with van der Waals surface area (Å²) in [6.45, 7) is 0. The van der Waals surface area contributed by atoms with Crippen molar-refractivity contribution < 1.29 is 0 Å². The normalized spacial score (nSPS) is 23.4. The fourth-order valence-corrected chi connectivity index (χ4v) is 2.83. The third-order valence-electron chi connectivity index (χ3n) is 3.56. The molecular formula is C13H12BrN3. The maximum absolute atomic E-state index is 8.81. The van der Waals surface area contributed by atoms with Gasteiger partial charge >= 0.3 is 0 Å². The van der Waals surface area contributed by atoms with Gasteiger partial charge in [0.15, 0.2) is 0 Å². The number of hydrogen-bond donors (Lipinski definition) is 0. The molecule has 3 nitrogen and oxygen atoms in total. The minimum atomic E-state index is 0.228. The lowest BCUT2D eigenvalue weighted by atomic mass is 9.75. The maximum Gasteiger partial charge on any atom is 0.112 e. The molecule has 0 amide bonds. The van der Waals surface area contributed by atoms with Gasteiger partial charge in [0.1, 0.15) is 5.82 Å². The second-order valence-corrected chi connectivity index (χ2v) is 5.57. The van der Waals surface area contributed by atoms with Crippen molar-refractivity contribution in [3.8, 4) is 6.07 Å². The van der Waals surface area contributed by atoms with E-state index in [2.05, 4.69) is 44.7 Å². The maximum atomic E-state index is 8.81. The van der Waals surface area contributed by atoms with Crippen LogP contribution < -0.4 is 0 Å². The molecule has 1 aliphatic rings. The fraction of sp³-hybridized carbons (Fsp3) is 0.385. The van der Waals surface area contributed by atoms with E-state index in [9.17, 15) is 0 Å². The van der Waals surface area contributed by atoms with Crippen molar-refractivity contribution in [2.45, 2.75) is 18.8 Å². The van der Waals surface area contributed by atoms with Gasteiger partial charge in [-0.15, -0.1) is 0 Å². The Balaban J connectivity index is 2.02. The molecule has 0 N–H and O–H groups in total. The largest absolute Gasteiger partial charge is 0.331 e. The van der Waals surface area contributed by atoms with Gasteiger partial charge in [-0.25, -0.2) is 4.98 Å². The minimum absolute atomic E-state index is 0.228. The number of rotatable bonds is 1. The van der Waals surface area contributed by atoms with E-state index in [1.165, 1.54) is 0 Å². The zero-order valence-electron chi connectivity index (χ0n) is 9.52. The van der Waals surface area contributed by atoms with Gasteiger partial charge in [-0.1, -0.05) is 15.9 Å². The number of fused-ring (bicyclic) bond motifs is 1. The quantitative estimate of drug-likeness (QED) is 0.808. The van der Waals surface area contributed by atoms with Crippen LogP contribution in [0.15, 0.2) is 22.7 Å². The van der Waals surface area contributed by atoms with Crippen LogP contribution in [0, 0.1) is 17.2 Å². The molecule has 0 spiro atoms. The van der Waals surface area contributed by atoms with E-state index in [4.69, 9.17) is 5.26 Å². The zero-order valence-corrected chi connectivity index (χ0v) is 11.1. The molecule has 0 unspecified atom stereocenters. The molecule has 1 aromatic carbocycles. The van der Waals surface area contributed by atoms with Gasteiger partial charge in [0.25, 0.3) is 0 Å². The van der Waals surface area contributed by atoms with Crippen molar-refractivity contribution in [3.05, 3.63) is 28.5 Å². The van der Waals surface area contributed by atoms with E-state index in [1.54, 1.807) is 0 Å². The first-order valence-corrected chi connectivity index (χ1v) is 6.50. The van der Waals surface area contributed by atoms with E-state index in [1.807, 2.05) is 12.1 Å². The standard InChI is InChI=1S/C13H12BrN3/c1-17-12-6-10(14)2-3-11(12)16-13(17)9-4-8(5-9)7-15/h2-3,6,8-9H,4-5H2,1H3. The van der Waals surface area contributed by atoms with E-state index in [0.717, 1.165) is 34.2 Å². The molecule has 86 valence electrons. The molecule has 4 heteroatoms. The van der Waals surface area contributed by atoms with Crippen LogP contribution in [0.25, 0.3) is 11.0 Å². The Kier molecular flexibility index (Phi) is 2.44. The summed E-state index contributed by atoms with van der Waals surface area (Å²) in [5.74, 6) is 1.80. The number of nitrogens with zero attached hydrogens (tertiary/aromatic N) is 3. The van der Waals surface area contributed by atoms with Gasteiger partial charge in [0, 0.05) is 23.4 Å². The fourth-order valence-electron chi connectivity index (χ4n) is 2.48. The van der Waals surface area contributed by atoms with Crippen LogP contribution in [-0.2, 0) is 7.05 Å². The predicted molar refractivity (Wildman–Crippen MR) is 69.5 cm³/mol. The molecular weight excluding hydrogens is 278 g/mol. The minimum Gasteiger partial charge on any atom is -0.331 e. The van der Waals surface area contributed by atoms with Gasteiger partial charge in [-0.05, 0) is 31.0 Å². The second kappa shape index (κ2) is 3.85. The summed E-state index contributed by atoms with van der Waals surface area (Å²) in [5.41, 5.74) is 2.18. The molecule has 1 saturated carbocycles. The van der Waals surface area contributed by atoms with Crippen molar-refractivity contribution in [2.75, 3.05) is 0 Å². The molecule has 3 rings (SSSR count). The molecule has 0 aliphatic heterocycles. The van der Waals surface area contributed by atoms with E-state index in [0.29, 0.717) is 5.92 Å². The van der Waals surface area contributed by atoms with Gasteiger partial charge in [0.05, 0.1) is 17.1 Å². The smallest absolute Gasteiger partial charge is 0.112 e. The second-order valence-electron chi connectivity index (χ2n) is 4.66. The summed E-state index contributed by atoms with van der Waals surface area (Å²) in [4.78, 5) is 4.68. The zero-order chi connectivity index (χ0) is 12.0. The van der Waals surface area contributed by atoms with E-state index >= 15 is 0 Å². The number of aromatic nitrogens is 2. The number of hydrogen-bond acceptors (Lipinski definition) is 2. The Bertz CT molecular complexity index is 617. The first-order chi connectivity index (χ1) is 8.19. The highest BCUT2D eigenvalue weighted by atomic mass is 79.9. The molecule has 1 heterocycles. The van der Waals surface area contributed by atoms with E-state index in [-0.39, 0.29) is 5.92 Å². The summed E-state index contributed by atoms with van der Waals surface area (Å²) >= 11 is 3.48. The molecule has 0 bridgehead atoms. The molecule has 0 radical (unpaired) electrons. The summed E-state index contributed by atoms with van der Waals surface area (Å²) in [6.07, 6.45) is 1.91. The molecule has 2 aromatic rings. The van der Waals surface area contributed by atoms with Crippen LogP contribution in [0.4, 0.5) is 0 Å². The van der Waals surface area contributed by atoms with Gasteiger partial charge in [-0.3, -0.25) is 0 Å². The van der Waals surface area contributed by atoms with Crippen LogP contribution in [0.3, 0.4) is 0 Å². The van der Waals surface area contributed by atoms with Crippen LogP contribution in [0.2, 0.25) is 0 Å². The Hall–Kier alpha value is -1.34. The van der Waals surface area contributed by atoms with Crippen LogP contribution in [-0.4, -0.2) is 9.55 Å². The van der Waals surface area contributed by atoms with Gasteiger partial charge in [-0.2, -0.15) is 5.26 Å². The lowest BCUT2D eigenvalue weighted by Crippen LogP contribution is -2.22. The highest BCUT2D eigenvalue weighted by Gasteiger charge is 2.33. The number of aryl methyl sites for hydroxylation is 1. The molecule has 0 atom stereocenters. The molecule has 1 aliphatic carbocycles. The lowest BCUT2D eigenvalue weighted by molar-refractivity contribution is 0.314. The van der Waals surface area contributed by atoms with Crippen molar-refractivity contribution in [3.63, 3.8) is 0 Å². The highest BCUT2D eigenvalue weighted by Crippen LogP contribution is 2.41. The molecule has 17 heavy (non-hydrogen) atoms. The Morgan fingerprint density at radius 2 is 2.24 bits per heavy atom. The summed E-state index contributed by atoms with van der Waals surface area (Å²) in [7, 11) is 2.05. The van der Waals surface area contributed by atoms with Crippen molar-refractivity contribution in [2.24, 2.45) is 13.0 Å². The predicted octanol–water partition coefficient (Wildman–Crippen LogP) is 3.35. The molecule has 1 fully saturated rings. The third kappa shape index (κ3) is 1.66. The summed E-state index contributed by atoms with van der Waals surface area (Å²) < 4.78 is 3.22. The first-order valence-electron chi connectivity index (χ1n) is 5.70. The Labute approximate surface area is 108 Å². The average molecular weight is 290 g/mol. The average Bonchev–Trinajstić information content (AvgIpc) is 2.56. The van der Waals surface area contributed by atoms with Crippen molar-refractivity contribution >= 4 is 27.0 Å². The molecule has 1 aromatic heterocycles. The lowest BCUT2D eigenvalue weighted by Gasteiger charge is -2.29. The van der Waals surface area contributed by atoms with Crippen LogP contribution in [0.1, 0.15) is 24.6 Å².